The molecule has 128 valence electrons. The van der Waals surface area contributed by atoms with E-state index in [1.807, 2.05) is 6.07 Å². The first kappa shape index (κ1) is 16.7. The summed E-state index contributed by atoms with van der Waals surface area (Å²) in [5.41, 5.74) is 3.45. The number of fused-ring (bicyclic) bond motifs is 1. The fraction of sp³-hybridized carbons (Fsp3) is 0. The SMILES string of the molecule is Fc1ccc(-c2cc(-c3ccc(F)cc3)c3c(=S)[nH]c(=S)[nH]c3n2)cc1. The van der Waals surface area contributed by atoms with Gasteiger partial charge in [-0.2, -0.15) is 0 Å². The summed E-state index contributed by atoms with van der Waals surface area (Å²) in [5.74, 6) is -0.648. The van der Waals surface area contributed by atoms with E-state index in [4.69, 9.17) is 24.4 Å². The third-order valence-corrected chi connectivity index (χ3v) is 4.51. The molecule has 2 aromatic carbocycles. The van der Waals surface area contributed by atoms with Crippen molar-refractivity contribution >= 4 is 35.5 Å². The average Bonchev–Trinajstić information content (AvgIpc) is 2.61. The third-order valence-electron chi connectivity index (χ3n) is 4.00. The largest absolute Gasteiger partial charge is 0.323 e. The zero-order valence-electron chi connectivity index (χ0n) is 13.2. The standard InChI is InChI=1S/C19H11F2N3S2/c20-12-5-1-10(2-6-12)14-9-15(11-3-7-13(21)8-4-11)22-17-16(14)18(25)24-19(26)23-17/h1-9H,(H2,22,23,24,25,26). The van der Waals surface area contributed by atoms with E-state index < -0.39 is 0 Å². The van der Waals surface area contributed by atoms with Gasteiger partial charge in [0.05, 0.1) is 11.1 Å². The quantitative estimate of drug-likeness (QED) is 0.420. The molecule has 0 aliphatic heterocycles. The molecule has 2 heterocycles. The van der Waals surface area contributed by atoms with Crippen LogP contribution in [-0.2, 0) is 0 Å². The first-order valence-electron chi connectivity index (χ1n) is 7.70. The Morgan fingerprint density at radius 1 is 0.769 bits per heavy atom. The zero-order valence-corrected chi connectivity index (χ0v) is 14.8. The maximum Gasteiger partial charge on any atom is 0.177 e. The molecule has 0 saturated heterocycles. The smallest absolute Gasteiger partial charge is 0.177 e. The van der Waals surface area contributed by atoms with Gasteiger partial charge in [0.25, 0.3) is 0 Å². The topological polar surface area (TPSA) is 44.5 Å². The number of aromatic amines is 2. The van der Waals surface area contributed by atoms with Gasteiger partial charge in [-0.15, -0.1) is 0 Å². The molecule has 0 atom stereocenters. The van der Waals surface area contributed by atoms with Crippen LogP contribution in [0.3, 0.4) is 0 Å². The monoisotopic (exact) mass is 383 g/mol. The second kappa shape index (κ2) is 6.51. The van der Waals surface area contributed by atoms with Crippen LogP contribution in [0, 0.1) is 21.0 Å². The van der Waals surface area contributed by atoms with Crippen LogP contribution in [-0.4, -0.2) is 15.0 Å². The van der Waals surface area contributed by atoms with Crippen LogP contribution in [0.5, 0.6) is 0 Å². The Kier molecular flexibility index (Phi) is 4.18. The Labute approximate surface area is 157 Å². The zero-order chi connectivity index (χ0) is 18.3. The Bertz CT molecular complexity index is 1230. The summed E-state index contributed by atoms with van der Waals surface area (Å²) >= 11 is 10.6. The highest BCUT2D eigenvalue weighted by atomic mass is 32.1. The number of nitrogens with one attached hydrogen (secondary N) is 2. The summed E-state index contributed by atoms with van der Waals surface area (Å²) in [4.78, 5) is 10.5. The lowest BCUT2D eigenvalue weighted by atomic mass is 10.0. The number of rotatable bonds is 2. The fourth-order valence-corrected chi connectivity index (χ4v) is 3.37. The number of halogens is 2. The van der Waals surface area contributed by atoms with Crippen molar-refractivity contribution in [2.75, 3.05) is 0 Å². The van der Waals surface area contributed by atoms with Crippen molar-refractivity contribution in [1.82, 2.24) is 15.0 Å². The van der Waals surface area contributed by atoms with E-state index in [0.29, 0.717) is 26.1 Å². The highest BCUT2D eigenvalue weighted by Gasteiger charge is 2.12. The van der Waals surface area contributed by atoms with Gasteiger partial charge in [-0.3, -0.25) is 0 Å². The van der Waals surface area contributed by atoms with Crippen LogP contribution in [0.4, 0.5) is 8.78 Å². The lowest BCUT2D eigenvalue weighted by Gasteiger charge is -2.10. The van der Waals surface area contributed by atoms with Crippen molar-refractivity contribution in [3.8, 4) is 22.4 Å². The van der Waals surface area contributed by atoms with Crippen molar-refractivity contribution in [1.29, 1.82) is 0 Å². The first-order chi connectivity index (χ1) is 12.5. The number of aromatic nitrogens is 3. The molecule has 0 unspecified atom stereocenters. The van der Waals surface area contributed by atoms with E-state index in [2.05, 4.69) is 15.0 Å². The van der Waals surface area contributed by atoms with Crippen molar-refractivity contribution in [2.45, 2.75) is 0 Å². The number of benzene rings is 2. The van der Waals surface area contributed by atoms with Gasteiger partial charge in [0.15, 0.2) is 4.77 Å². The third kappa shape index (κ3) is 3.07. The molecule has 2 N–H and O–H groups in total. The molecular formula is C19H11F2N3S2. The molecule has 0 aliphatic carbocycles. The van der Waals surface area contributed by atoms with Crippen LogP contribution >= 0.6 is 24.4 Å². The normalized spacial score (nSPS) is 11.0. The predicted octanol–water partition coefficient (Wildman–Crippen LogP) is 5.96. The van der Waals surface area contributed by atoms with E-state index in [0.717, 1.165) is 16.7 Å². The van der Waals surface area contributed by atoms with E-state index in [9.17, 15) is 8.78 Å². The van der Waals surface area contributed by atoms with Crippen LogP contribution in [0.25, 0.3) is 33.4 Å². The van der Waals surface area contributed by atoms with Crippen molar-refractivity contribution in [3.63, 3.8) is 0 Å². The van der Waals surface area contributed by atoms with Gasteiger partial charge < -0.3 is 9.97 Å². The minimum absolute atomic E-state index is 0.324. The molecule has 4 rings (SSSR count). The molecule has 3 nitrogen and oxygen atoms in total. The number of hydrogen-bond donors (Lipinski definition) is 2. The number of nitrogens with zero attached hydrogens (tertiary/aromatic N) is 1. The van der Waals surface area contributed by atoms with Gasteiger partial charge in [-0.25, -0.2) is 13.8 Å². The van der Waals surface area contributed by atoms with Crippen molar-refractivity contribution < 1.29 is 8.78 Å². The van der Waals surface area contributed by atoms with Gasteiger partial charge in [0.2, 0.25) is 0 Å². The van der Waals surface area contributed by atoms with E-state index in [1.165, 1.54) is 24.3 Å². The van der Waals surface area contributed by atoms with Gasteiger partial charge in [-0.1, -0.05) is 24.4 Å². The average molecular weight is 383 g/mol. The Hall–Kier alpha value is -2.77. The van der Waals surface area contributed by atoms with E-state index >= 15 is 0 Å². The summed E-state index contributed by atoms with van der Waals surface area (Å²) in [5, 5.41) is 0.686. The van der Waals surface area contributed by atoms with Crippen molar-refractivity contribution in [2.24, 2.45) is 0 Å². The number of pyridine rings is 1. The maximum absolute atomic E-state index is 13.3. The highest BCUT2D eigenvalue weighted by molar-refractivity contribution is 7.72. The van der Waals surface area contributed by atoms with E-state index in [-0.39, 0.29) is 11.6 Å². The molecular weight excluding hydrogens is 372 g/mol. The van der Waals surface area contributed by atoms with Gasteiger partial charge in [0, 0.05) is 5.56 Å². The number of hydrogen-bond acceptors (Lipinski definition) is 3. The second-order valence-corrected chi connectivity index (χ2v) is 6.52. The summed E-state index contributed by atoms with van der Waals surface area (Å²) in [6.07, 6.45) is 0. The summed E-state index contributed by atoms with van der Waals surface area (Å²) in [6.45, 7) is 0. The summed E-state index contributed by atoms with van der Waals surface area (Å²) in [7, 11) is 0. The molecule has 2 aromatic heterocycles. The minimum Gasteiger partial charge on any atom is -0.323 e. The molecule has 0 amide bonds. The molecule has 0 aliphatic rings. The van der Waals surface area contributed by atoms with Crippen LogP contribution in [0.15, 0.2) is 54.6 Å². The highest BCUT2D eigenvalue weighted by Crippen LogP contribution is 2.32. The van der Waals surface area contributed by atoms with Gasteiger partial charge in [-0.05, 0) is 65.8 Å². The minimum atomic E-state index is -0.324. The predicted molar refractivity (Wildman–Crippen MR) is 103 cm³/mol. The molecule has 0 spiro atoms. The van der Waals surface area contributed by atoms with Gasteiger partial charge in [0.1, 0.15) is 21.9 Å². The lowest BCUT2D eigenvalue weighted by Crippen LogP contribution is -1.95. The Morgan fingerprint density at radius 3 is 1.96 bits per heavy atom. The van der Waals surface area contributed by atoms with Crippen LogP contribution < -0.4 is 0 Å². The van der Waals surface area contributed by atoms with Crippen molar-refractivity contribution in [3.05, 3.63) is 75.6 Å². The molecule has 0 radical (unpaired) electrons. The Morgan fingerprint density at radius 2 is 1.35 bits per heavy atom. The Balaban J connectivity index is 2.07. The first-order valence-corrected chi connectivity index (χ1v) is 8.52. The molecule has 4 aromatic rings. The molecule has 0 saturated carbocycles. The summed E-state index contributed by atoms with van der Waals surface area (Å²) in [6, 6.07) is 14.0. The fourth-order valence-electron chi connectivity index (χ4n) is 2.80. The van der Waals surface area contributed by atoms with Crippen LogP contribution in [0.2, 0.25) is 0 Å². The molecule has 0 fully saturated rings. The van der Waals surface area contributed by atoms with Gasteiger partial charge >= 0.3 is 0 Å². The molecule has 7 heteroatoms. The summed E-state index contributed by atoms with van der Waals surface area (Å²) < 4.78 is 27.4. The second-order valence-electron chi connectivity index (χ2n) is 5.70. The molecule has 0 bridgehead atoms. The van der Waals surface area contributed by atoms with E-state index in [1.54, 1.807) is 24.3 Å². The lowest BCUT2D eigenvalue weighted by molar-refractivity contribution is 0.627. The van der Waals surface area contributed by atoms with Crippen LogP contribution in [0.1, 0.15) is 0 Å². The maximum atomic E-state index is 13.3. The molecule has 26 heavy (non-hydrogen) atoms. The number of H-pyrrole nitrogens is 2.